The fraction of sp³-hybridized carbons (Fsp3) is 0.120. The molecule has 3 aromatic rings. The Kier molecular flexibility index (Phi) is 5.81. The Morgan fingerprint density at radius 3 is 1.97 bits per heavy atom. The second kappa shape index (κ2) is 8.85. The number of methoxy groups -OCH3 is 3. The van der Waals surface area contributed by atoms with Gasteiger partial charge >= 0.3 is 0 Å². The van der Waals surface area contributed by atoms with Crippen molar-refractivity contribution in [2.75, 3.05) is 31.5 Å². The van der Waals surface area contributed by atoms with Crippen LogP contribution >= 0.6 is 0 Å². The van der Waals surface area contributed by atoms with Crippen molar-refractivity contribution in [3.8, 4) is 17.2 Å². The first-order valence-electron chi connectivity index (χ1n) is 9.89. The third kappa shape index (κ3) is 3.65. The van der Waals surface area contributed by atoms with Crippen molar-refractivity contribution < 1.29 is 23.8 Å². The fourth-order valence-corrected chi connectivity index (χ4v) is 3.59. The van der Waals surface area contributed by atoms with Gasteiger partial charge < -0.3 is 19.5 Å². The minimum Gasteiger partial charge on any atom is -0.497 e. The van der Waals surface area contributed by atoms with E-state index in [0.717, 1.165) is 4.90 Å². The van der Waals surface area contributed by atoms with Gasteiger partial charge in [0.05, 0.1) is 38.3 Å². The fourth-order valence-electron chi connectivity index (χ4n) is 3.59. The highest BCUT2D eigenvalue weighted by atomic mass is 16.5. The van der Waals surface area contributed by atoms with Crippen LogP contribution in [-0.4, -0.2) is 33.1 Å². The molecule has 0 saturated heterocycles. The molecule has 1 N–H and O–H groups in total. The molecule has 7 heteroatoms. The Hall–Kier alpha value is -4.26. The highest BCUT2D eigenvalue weighted by molar-refractivity contribution is 6.46. The summed E-state index contributed by atoms with van der Waals surface area (Å²) >= 11 is 0. The first-order valence-corrected chi connectivity index (χ1v) is 9.89. The standard InChI is InChI=1S/C25H22N2O5/c1-30-17-14-12-16(13-15-17)22-23(26-18-8-4-6-10-20(18)31-2)25(29)27(24(22)28)19-9-5-7-11-21(19)32-3/h4-15,26H,1-3H3. The van der Waals surface area contributed by atoms with E-state index < -0.39 is 11.8 Å². The van der Waals surface area contributed by atoms with Crippen molar-refractivity contribution >= 4 is 28.8 Å². The van der Waals surface area contributed by atoms with Gasteiger partial charge in [-0.1, -0.05) is 36.4 Å². The van der Waals surface area contributed by atoms with Gasteiger partial charge in [0.25, 0.3) is 11.8 Å². The van der Waals surface area contributed by atoms with Crippen molar-refractivity contribution in [2.24, 2.45) is 0 Å². The van der Waals surface area contributed by atoms with E-state index in [0.29, 0.717) is 34.2 Å². The molecule has 1 aliphatic rings. The first kappa shape index (κ1) is 21.0. The molecule has 0 saturated carbocycles. The quantitative estimate of drug-likeness (QED) is 0.569. The number of anilines is 2. The van der Waals surface area contributed by atoms with Gasteiger partial charge in [-0.2, -0.15) is 0 Å². The number of hydrogen-bond acceptors (Lipinski definition) is 6. The summed E-state index contributed by atoms with van der Waals surface area (Å²) in [6.07, 6.45) is 0. The number of imide groups is 1. The maximum atomic E-state index is 13.6. The van der Waals surface area contributed by atoms with Crippen LogP contribution in [0.5, 0.6) is 17.2 Å². The third-order valence-electron chi connectivity index (χ3n) is 5.16. The van der Waals surface area contributed by atoms with Gasteiger partial charge in [-0.3, -0.25) is 9.59 Å². The molecule has 4 rings (SSSR count). The minimum atomic E-state index is -0.490. The molecule has 0 radical (unpaired) electrons. The number of rotatable bonds is 7. The molecule has 1 aliphatic heterocycles. The van der Waals surface area contributed by atoms with Crippen molar-refractivity contribution in [3.63, 3.8) is 0 Å². The topological polar surface area (TPSA) is 77.1 Å². The Bertz CT molecular complexity index is 1200. The summed E-state index contributed by atoms with van der Waals surface area (Å²) in [5, 5.41) is 3.13. The molecule has 3 aromatic carbocycles. The van der Waals surface area contributed by atoms with Crippen LogP contribution in [0.4, 0.5) is 11.4 Å². The third-order valence-corrected chi connectivity index (χ3v) is 5.16. The number of para-hydroxylation sites is 4. The Morgan fingerprint density at radius 2 is 1.31 bits per heavy atom. The minimum absolute atomic E-state index is 0.149. The van der Waals surface area contributed by atoms with Gasteiger partial charge in [0.1, 0.15) is 22.9 Å². The molecule has 0 aliphatic carbocycles. The van der Waals surface area contributed by atoms with E-state index in [4.69, 9.17) is 14.2 Å². The van der Waals surface area contributed by atoms with E-state index >= 15 is 0 Å². The summed E-state index contributed by atoms with van der Waals surface area (Å²) in [5.41, 5.74) is 1.91. The molecule has 2 amide bonds. The Morgan fingerprint density at radius 1 is 0.688 bits per heavy atom. The van der Waals surface area contributed by atoms with Crippen LogP contribution in [0.3, 0.4) is 0 Å². The van der Waals surface area contributed by atoms with E-state index in [9.17, 15) is 9.59 Å². The van der Waals surface area contributed by atoms with Gasteiger partial charge in [-0.25, -0.2) is 4.90 Å². The van der Waals surface area contributed by atoms with Crippen LogP contribution < -0.4 is 24.4 Å². The molecule has 0 bridgehead atoms. The molecule has 32 heavy (non-hydrogen) atoms. The Balaban J connectivity index is 1.85. The highest BCUT2D eigenvalue weighted by Gasteiger charge is 2.41. The zero-order valence-corrected chi connectivity index (χ0v) is 17.9. The number of benzene rings is 3. The number of nitrogens with zero attached hydrogens (tertiary/aromatic N) is 1. The molecule has 7 nitrogen and oxygen atoms in total. The second-order valence-corrected chi connectivity index (χ2v) is 6.92. The molecular formula is C25H22N2O5. The maximum absolute atomic E-state index is 13.6. The largest absolute Gasteiger partial charge is 0.497 e. The summed E-state index contributed by atoms with van der Waals surface area (Å²) in [6, 6.07) is 21.1. The molecule has 0 aromatic heterocycles. The summed E-state index contributed by atoms with van der Waals surface area (Å²) in [7, 11) is 4.61. The zero-order chi connectivity index (χ0) is 22.7. The molecule has 0 fully saturated rings. The van der Waals surface area contributed by atoms with Crippen LogP contribution in [0.2, 0.25) is 0 Å². The molecular weight excluding hydrogens is 408 g/mol. The predicted molar refractivity (Wildman–Crippen MR) is 122 cm³/mol. The van der Waals surface area contributed by atoms with E-state index in [1.807, 2.05) is 12.1 Å². The van der Waals surface area contributed by atoms with E-state index in [-0.39, 0.29) is 11.3 Å². The van der Waals surface area contributed by atoms with Crippen LogP contribution in [0.25, 0.3) is 5.57 Å². The predicted octanol–water partition coefficient (Wildman–Crippen LogP) is 4.11. The van der Waals surface area contributed by atoms with Crippen LogP contribution in [0, 0.1) is 0 Å². The normalized spacial score (nSPS) is 13.4. The van der Waals surface area contributed by atoms with E-state index in [2.05, 4.69) is 5.32 Å². The van der Waals surface area contributed by atoms with Crippen LogP contribution in [0.1, 0.15) is 5.56 Å². The number of hydrogen-bond donors (Lipinski definition) is 1. The first-order chi connectivity index (χ1) is 15.6. The highest BCUT2D eigenvalue weighted by Crippen LogP contribution is 2.39. The van der Waals surface area contributed by atoms with Crippen molar-refractivity contribution in [1.29, 1.82) is 0 Å². The monoisotopic (exact) mass is 430 g/mol. The zero-order valence-electron chi connectivity index (χ0n) is 17.9. The number of ether oxygens (including phenoxy) is 3. The maximum Gasteiger partial charge on any atom is 0.282 e. The smallest absolute Gasteiger partial charge is 0.282 e. The molecule has 1 heterocycles. The van der Waals surface area contributed by atoms with Crippen LogP contribution in [0.15, 0.2) is 78.5 Å². The number of amides is 2. The lowest BCUT2D eigenvalue weighted by molar-refractivity contribution is -0.120. The number of carbonyl (C=O) groups excluding carboxylic acids is 2. The van der Waals surface area contributed by atoms with Gasteiger partial charge in [0.15, 0.2) is 0 Å². The summed E-state index contributed by atoms with van der Waals surface area (Å²) < 4.78 is 16.0. The molecule has 0 spiro atoms. The lowest BCUT2D eigenvalue weighted by Gasteiger charge is -2.18. The number of carbonyl (C=O) groups is 2. The lowest BCUT2D eigenvalue weighted by Crippen LogP contribution is -2.32. The Labute approximate surface area is 185 Å². The molecule has 0 unspecified atom stereocenters. The van der Waals surface area contributed by atoms with E-state index in [1.54, 1.807) is 74.9 Å². The number of nitrogens with one attached hydrogen (secondary N) is 1. The average Bonchev–Trinajstić information content (AvgIpc) is 3.08. The van der Waals surface area contributed by atoms with Gasteiger partial charge in [-0.15, -0.1) is 0 Å². The summed E-state index contributed by atoms with van der Waals surface area (Å²) in [5.74, 6) is 0.664. The average molecular weight is 430 g/mol. The van der Waals surface area contributed by atoms with Gasteiger partial charge in [0.2, 0.25) is 0 Å². The van der Waals surface area contributed by atoms with Crippen molar-refractivity contribution in [3.05, 3.63) is 84.1 Å². The second-order valence-electron chi connectivity index (χ2n) is 6.92. The SMILES string of the molecule is COc1ccc(C2=C(Nc3ccccc3OC)C(=O)N(c3ccccc3OC)C2=O)cc1. The van der Waals surface area contributed by atoms with Crippen molar-refractivity contribution in [2.45, 2.75) is 0 Å². The van der Waals surface area contributed by atoms with Gasteiger partial charge in [0, 0.05) is 0 Å². The molecule has 0 atom stereocenters. The lowest BCUT2D eigenvalue weighted by atomic mass is 10.0. The summed E-state index contributed by atoms with van der Waals surface area (Å²) in [4.78, 5) is 28.3. The van der Waals surface area contributed by atoms with Crippen molar-refractivity contribution in [1.82, 2.24) is 0 Å². The summed E-state index contributed by atoms with van der Waals surface area (Å²) in [6.45, 7) is 0. The van der Waals surface area contributed by atoms with Crippen LogP contribution in [-0.2, 0) is 9.59 Å². The van der Waals surface area contributed by atoms with E-state index in [1.165, 1.54) is 7.11 Å². The van der Waals surface area contributed by atoms with Gasteiger partial charge in [-0.05, 0) is 42.0 Å². The molecule has 162 valence electrons.